The van der Waals surface area contributed by atoms with E-state index in [4.69, 9.17) is 0 Å². The lowest BCUT2D eigenvalue weighted by Crippen LogP contribution is -2.28. The van der Waals surface area contributed by atoms with Crippen LogP contribution in [-0.2, 0) is 16.5 Å². The van der Waals surface area contributed by atoms with E-state index >= 15 is 0 Å². The summed E-state index contributed by atoms with van der Waals surface area (Å²) in [5, 5.41) is 0. The number of ether oxygens (including phenoxy) is 1. The zero-order valence-electron chi connectivity index (χ0n) is 9.91. The van der Waals surface area contributed by atoms with Crippen LogP contribution in [0.2, 0.25) is 0 Å². The number of aryl methyl sites for hydroxylation is 1. The standard InChI is InChI=1S/C10H10F4O4S/c1-3-6-4-8(17-2)9(5-7(6)11)18-19(15,16)10(12,13)14/h4-5H,3H2,1-2H3. The van der Waals surface area contributed by atoms with Gasteiger partial charge in [-0.25, -0.2) is 4.39 Å². The largest absolute Gasteiger partial charge is 0.534 e. The zero-order valence-corrected chi connectivity index (χ0v) is 10.7. The van der Waals surface area contributed by atoms with Crippen LogP contribution in [0.5, 0.6) is 11.5 Å². The first-order valence-electron chi connectivity index (χ1n) is 4.99. The minimum absolute atomic E-state index is 0.161. The molecule has 0 aromatic heterocycles. The van der Waals surface area contributed by atoms with E-state index in [0.717, 1.165) is 13.2 Å². The van der Waals surface area contributed by atoms with E-state index in [9.17, 15) is 26.0 Å². The molecule has 0 bridgehead atoms. The van der Waals surface area contributed by atoms with E-state index in [2.05, 4.69) is 8.92 Å². The third kappa shape index (κ3) is 3.28. The van der Waals surface area contributed by atoms with E-state index in [1.165, 1.54) is 0 Å². The molecule has 1 aromatic rings. The molecule has 0 aliphatic rings. The van der Waals surface area contributed by atoms with Gasteiger partial charge in [0.2, 0.25) is 0 Å². The molecule has 19 heavy (non-hydrogen) atoms. The van der Waals surface area contributed by atoms with Gasteiger partial charge in [0.15, 0.2) is 11.5 Å². The van der Waals surface area contributed by atoms with Crippen molar-refractivity contribution in [1.82, 2.24) is 0 Å². The first-order chi connectivity index (χ1) is 8.62. The van der Waals surface area contributed by atoms with Gasteiger partial charge in [0, 0.05) is 6.07 Å². The Labute approximate surface area is 107 Å². The average molecular weight is 302 g/mol. The third-order valence-electron chi connectivity index (χ3n) is 2.20. The van der Waals surface area contributed by atoms with Crippen LogP contribution in [0.25, 0.3) is 0 Å². The summed E-state index contributed by atoms with van der Waals surface area (Å²) in [5.74, 6) is -2.03. The number of benzene rings is 1. The minimum Gasteiger partial charge on any atom is -0.493 e. The predicted octanol–water partition coefficient (Wildman–Crippen LogP) is 2.63. The summed E-state index contributed by atoms with van der Waals surface area (Å²) in [6.45, 7) is 1.62. The number of hydrogen-bond acceptors (Lipinski definition) is 4. The van der Waals surface area contributed by atoms with Crippen LogP contribution in [0.4, 0.5) is 17.6 Å². The highest BCUT2D eigenvalue weighted by Crippen LogP contribution is 2.34. The maximum atomic E-state index is 13.4. The van der Waals surface area contributed by atoms with Gasteiger partial charge in [-0.2, -0.15) is 21.6 Å². The summed E-state index contributed by atoms with van der Waals surface area (Å²) in [5.41, 5.74) is -5.44. The van der Waals surface area contributed by atoms with E-state index in [-0.39, 0.29) is 17.7 Å². The maximum Gasteiger partial charge on any atom is 0.534 e. The SMILES string of the molecule is CCc1cc(OC)c(OS(=O)(=O)C(F)(F)F)cc1F. The fourth-order valence-electron chi connectivity index (χ4n) is 1.24. The van der Waals surface area contributed by atoms with Gasteiger partial charge in [0.25, 0.3) is 0 Å². The number of rotatable bonds is 4. The number of alkyl halides is 3. The zero-order chi connectivity index (χ0) is 14.8. The third-order valence-corrected chi connectivity index (χ3v) is 3.16. The van der Waals surface area contributed by atoms with Crippen LogP contribution in [0.1, 0.15) is 12.5 Å². The van der Waals surface area contributed by atoms with Gasteiger partial charge >= 0.3 is 15.6 Å². The van der Waals surface area contributed by atoms with Crippen LogP contribution in [0, 0.1) is 5.82 Å². The smallest absolute Gasteiger partial charge is 0.493 e. The highest BCUT2D eigenvalue weighted by atomic mass is 32.2. The van der Waals surface area contributed by atoms with Gasteiger partial charge in [-0.05, 0) is 18.1 Å². The summed E-state index contributed by atoms with van der Waals surface area (Å²) in [4.78, 5) is 0. The Morgan fingerprint density at radius 1 is 1.21 bits per heavy atom. The van der Waals surface area contributed by atoms with Crippen molar-refractivity contribution >= 4 is 10.1 Å². The molecular weight excluding hydrogens is 292 g/mol. The first-order valence-corrected chi connectivity index (χ1v) is 6.40. The second-order valence-corrected chi connectivity index (χ2v) is 4.97. The molecule has 0 saturated heterocycles. The van der Waals surface area contributed by atoms with Crippen LogP contribution >= 0.6 is 0 Å². The van der Waals surface area contributed by atoms with Crippen molar-refractivity contribution in [3.05, 3.63) is 23.5 Å². The molecule has 1 aromatic carbocycles. The molecule has 0 aliphatic heterocycles. The molecule has 0 amide bonds. The minimum atomic E-state index is -5.87. The summed E-state index contributed by atoms with van der Waals surface area (Å²) in [6, 6.07) is 1.62. The van der Waals surface area contributed by atoms with Crippen molar-refractivity contribution in [1.29, 1.82) is 0 Å². The molecule has 4 nitrogen and oxygen atoms in total. The second kappa shape index (κ2) is 5.24. The van der Waals surface area contributed by atoms with Crippen LogP contribution < -0.4 is 8.92 Å². The average Bonchev–Trinajstić information content (AvgIpc) is 2.27. The number of halogens is 4. The Morgan fingerprint density at radius 2 is 1.79 bits per heavy atom. The Hall–Kier alpha value is -1.51. The first kappa shape index (κ1) is 15.5. The molecule has 0 aliphatic carbocycles. The lowest BCUT2D eigenvalue weighted by Gasteiger charge is -2.13. The highest BCUT2D eigenvalue weighted by molar-refractivity contribution is 7.88. The number of hydrogen-bond donors (Lipinski definition) is 0. The van der Waals surface area contributed by atoms with Gasteiger partial charge in [-0.3, -0.25) is 0 Å². The Morgan fingerprint density at radius 3 is 2.21 bits per heavy atom. The molecule has 1 rings (SSSR count). The normalized spacial score (nSPS) is 12.3. The van der Waals surface area contributed by atoms with Crippen LogP contribution in [0.3, 0.4) is 0 Å². The van der Waals surface area contributed by atoms with Crippen LogP contribution in [0.15, 0.2) is 12.1 Å². The Bertz CT molecular complexity index is 566. The predicted molar refractivity (Wildman–Crippen MR) is 57.9 cm³/mol. The van der Waals surface area contributed by atoms with E-state index in [1.807, 2.05) is 0 Å². The molecule has 0 heterocycles. The summed E-state index contributed by atoms with van der Waals surface area (Å²) in [6.07, 6.45) is 0.258. The molecule has 0 atom stereocenters. The fraction of sp³-hybridized carbons (Fsp3) is 0.400. The highest BCUT2D eigenvalue weighted by Gasteiger charge is 2.49. The Balaban J connectivity index is 3.26. The van der Waals surface area contributed by atoms with Crippen molar-refractivity contribution in [3.8, 4) is 11.5 Å². The molecule has 0 saturated carbocycles. The van der Waals surface area contributed by atoms with Gasteiger partial charge in [-0.15, -0.1) is 0 Å². The lowest BCUT2D eigenvalue weighted by atomic mass is 10.1. The topological polar surface area (TPSA) is 52.6 Å². The van der Waals surface area contributed by atoms with Crippen molar-refractivity contribution in [2.75, 3.05) is 7.11 Å². The van der Waals surface area contributed by atoms with E-state index in [1.54, 1.807) is 6.92 Å². The molecule has 0 unspecified atom stereocenters. The van der Waals surface area contributed by atoms with Crippen molar-refractivity contribution < 1.29 is 34.9 Å². The summed E-state index contributed by atoms with van der Waals surface area (Å²) < 4.78 is 80.1. The molecule has 0 spiro atoms. The fourth-order valence-corrected chi connectivity index (χ4v) is 1.70. The molecule has 0 radical (unpaired) electrons. The quantitative estimate of drug-likeness (QED) is 0.487. The van der Waals surface area contributed by atoms with Gasteiger partial charge in [0.1, 0.15) is 5.82 Å². The molecule has 108 valence electrons. The summed E-state index contributed by atoms with van der Waals surface area (Å²) >= 11 is 0. The van der Waals surface area contributed by atoms with Gasteiger partial charge in [-0.1, -0.05) is 6.92 Å². The second-order valence-electron chi connectivity index (χ2n) is 3.43. The monoisotopic (exact) mass is 302 g/mol. The van der Waals surface area contributed by atoms with Gasteiger partial charge < -0.3 is 8.92 Å². The summed E-state index contributed by atoms with van der Waals surface area (Å²) in [7, 11) is -4.77. The van der Waals surface area contributed by atoms with Crippen molar-refractivity contribution in [2.45, 2.75) is 18.9 Å². The molecular formula is C10H10F4O4S. The maximum absolute atomic E-state index is 13.4. The van der Waals surface area contributed by atoms with Crippen molar-refractivity contribution in [2.24, 2.45) is 0 Å². The van der Waals surface area contributed by atoms with E-state index in [0.29, 0.717) is 6.07 Å². The van der Waals surface area contributed by atoms with Crippen molar-refractivity contribution in [3.63, 3.8) is 0 Å². The molecule has 0 N–H and O–H groups in total. The Kier molecular flexibility index (Phi) is 4.28. The number of methoxy groups -OCH3 is 1. The van der Waals surface area contributed by atoms with Gasteiger partial charge in [0.05, 0.1) is 7.11 Å². The lowest BCUT2D eigenvalue weighted by molar-refractivity contribution is -0.0500. The van der Waals surface area contributed by atoms with E-state index < -0.39 is 27.2 Å². The van der Waals surface area contributed by atoms with Crippen LogP contribution in [-0.4, -0.2) is 21.0 Å². The molecule has 0 fully saturated rings. The molecule has 9 heteroatoms.